The Kier molecular flexibility index (Phi) is 1.71. The van der Waals surface area contributed by atoms with Gasteiger partial charge >= 0.3 is 0 Å². The summed E-state index contributed by atoms with van der Waals surface area (Å²) < 4.78 is 5.11. The molecule has 0 amide bonds. The molecule has 1 aromatic rings. The van der Waals surface area contributed by atoms with E-state index in [-0.39, 0.29) is 0 Å². The van der Waals surface area contributed by atoms with Crippen LogP contribution in [0.2, 0.25) is 0 Å². The van der Waals surface area contributed by atoms with E-state index in [0.717, 1.165) is 5.56 Å². The lowest BCUT2D eigenvalue weighted by Crippen LogP contribution is -1.98. The van der Waals surface area contributed by atoms with Crippen molar-refractivity contribution in [2.45, 2.75) is 25.7 Å². The standard InChI is InChI=1S/C9H12N2O/c1-6-8(7-3-4-7)10-5-11-9(6)12-2/h5,7H,3-4H2,1-2H3. The van der Waals surface area contributed by atoms with E-state index in [0.29, 0.717) is 11.8 Å². The summed E-state index contributed by atoms with van der Waals surface area (Å²) in [6.07, 6.45) is 4.11. The van der Waals surface area contributed by atoms with E-state index in [2.05, 4.69) is 9.97 Å². The Bertz CT molecular complexity index is 295. The predicted octanol–water partition coefficient (Wildman–Crippen LogP) is 1.67. The van der Waals surface area contributed by atoms with Crippen LogP contribution < -0.4 is 4.74 Å². The van der Waals surface area contributed by atoms with Gasteiger partial charge in [-0.25, -0.2) is 9.97 Å². The van der Waals surface area contributed by atoms with Gasteiger partial charge < -0.3 is 4.74 Å². The fourth-order valence-electron chi connectivity index (χ4n) is 1.42. The summed E-state index contributed by atoms with van der Waals surface area (Å²) in [6, 6.07) is 0. The number of nitrogens with zero attached hydrogens (tertiary/aromatic N) is 2. The third-order valence-electron chi connectivity index (χ3n) is 2.23. The molecule has 12 heavy (non-hydrogen) atoms. The molecule has 0 aliphatic heterocycles. The molecule has 3 nitrogen and oxygen atoms in total. The second-order valence-corrected chi connectivity index (χ2v) is 3.17. The first-order valence-electron chi connectivity index (χ1n) is 4.18. The van der Waals surface area contributed by atoms with Crippen LogP contribution in [0.4, 0.5) is 0 Å². The molecule has 1 fully saturated rings. The highest BCUT2D eigenvalue weighted by Crippen LogP contribution is 2.41. The van der Waals surface area contributed by atoms with E-state index >= 15 is 0 Å². The van der Waals surface area contributed by atoms with Crippen LogP contribution in [0.15, 0.2) is 6.33 Å². The minimum atomic E-state index is 0.668. The van der Waals surface area contributed by atoms with Gasteiger partial charge in [0.1, 0.15) is 6.33 Å². The Hall–Kier alpha value is -1.12. The summed E-state index contributed by atoms with van der Waals surface area (Å²) in [5, 5.41) is 0. The van der Waals surface area contributed by atoms with Gasteiger partial charge in [-0.2, -0.15) is 0 Å². The quantitative estimate of drug-likeness (QED) is 0.667. The highest BCUT2D eigenvalue weighted by molar-refractivity contribution is 5.32. The van der Waals surface area contributed by atoms with E-state index in [9.17, 15) is 0 Å². The smallest absolute Gasteiger partial charge is 0.219 e. The molecule has 3 heteroatoms. The minimum Gasteiger partial charge on any atom is -0.481 e. The maximum absolute atomic E-state index is 5.11. The van der Waals surface area contributed by atoms with Crippen molar-refractivity contribution in [1.29, 1.82) is 0 Å². The minimum absolute atomic E-state index is 0.668. The zero-order valence-corrected chi connectivity index (χ0v) is 7.37. The summed E-state index contributed by atoms with van der Waals surface area (Å²) in [5.41, 5.74) is 2.27. The Morgan fingerprint density at radius 3 is 2.75 bits per heavy atom. The maximum Gasteiger partial charge on any atom is 0.219 e. The van der Waals surface area contributed by atoms with Gasteiger partial charge in [0.2, 0.25) is 5.88 Å². The van der Waals surface area contributed by atoms with E-state index in [1.54, 1.807) is 13.4 Å². The monoisotopic (exact) mass is 164 g/mol. The molecule has 1 aromatic heterocycles. The molecule has 0 spiro atoms. The van der Waals surface area contributed by atoms with Crippen molar-refractivity contribution in [2.24, 2.45) is 0 Å². The van der Waals surface area contributed by atoms with Gasteiger partial charge in [0.25, 0.3) is 0 Å². The molecule has 64 valence electrons. The number of hydrogen-bond donors (Lipinski definition) is 0. The summed E-state index contributed by atoms with van der Waals surface area (Å²) in [5.74, 6) is 1.38. The number of methoxy groups -OCH3 is 1. The fraction of sp³-hybridized carbons (Fsp3) is 0.556. The van der Waals surface area contributed by atoms with Gasteiger partial charge in [-0.3, -0.25) is 0 Å². The average Bonchev–Trinajstić information content (AvgIpc) is 2.88. The van der Waals surface area contributed by atoms with Crippen LogP contribution in [0.3, 0.4) is 0 Å². The Morgan fingerprint density at radius 2 is 2.17 bits per heavy atom. The van der Waals surface area contributed by atoms with Crippen molar-refractivity contribution in [1.82, 2.24) is 9.97 Å². The molecule has 0 N–H and O–H groups in total. The van der Waals surface area contributed by atoms with Crippen LogP contribution >= 0.6 is 0 Å². The highest BCUT2D eigenvalue weighted by atomic mass is 16.5. The fourth-order valence-corrected chi connectivity index (χ4v) is 1.42. The van der Waals surface area contributed by atoms with Crippen molar-refractivity contribution >= 4 is 0 Å². The second-order valence-electron chi connectivity index (χ2n) is 3.17. The lowest BCUT2D eigenvalue weighted by atomic mass is 10.2. The Balaban J connectivity index is 2.40. The topological polar surface area (TPSA) is 35.0 Å². The van der Waals surface area contributed by atoms with Crippen LogP contribution in [0, 0.1) is 6.92 Å². The van der Waals surface area contributed by atoms with Crippen molar-refractivity contribution in [2.75, 3.05) is 7.11 Å². The van der Waals surface area contributed by atoms with Gasteiger partial charge in [0, 0.05) is 11.5 Å². The normalized spacial score (nSPS) is 16.2. The van der Waals surface area contributed by atoms with Crippen LogP contribution in [0.1, 0.15) is 30.0 Å². The van der Waals surface area contributed by atoms with Crippen molar-refractivity contribution < 1.29 is 4.74 Å². The van der Waals surface area contributed by atoms with Gasteiger partial charge in [-0.1, -0.05) is 0 Å². The zero-order chi connectivity index (χ0) is 8.55. The van der Waals surface area contributed by atoms with Gasteiger partial charge in [0.15, 0.2) is 0 Å². The third kappa shape index (κ3) is 1.15. The molecule has 1 aliphatic carbocycles. The van der Waals surface area contributed by atoms with Crippen LogP contribution in [0.25, 0.3) is 0 Å². The van der Waals surface area contributed by atoms with Gasteiger partial charge in [-0.05, 0) is 19.8 Å². The molecule has 0 unspecified atom stereocenters. The number of ether oxygens (including phenoxy) is 1. The Labute approximate surface area is 71.8 Å². The summed E-state index contributed by atoms with van der Waals surface area (Å²) in [4.78, 5) is 8.29. The molecule has 0 radical (unpaired) electrons. The third-order valence-corrected chi connectivity index (χ3v) is 2.23. The molecule has 1 heterocycles. The predicted molar refractivity (Wildman–Crippen MR) is 45.3 cm³/mol. The molecule has 0 atom stereocenters. The lowest BCUT2D eigenvalue weighted by molar-refractivity contribution is 0.392. The summed E-state index contributed by atoms with van der Waals surface area (Å²) in [7, 11) is 1.64. The van der Waals surface area contributed by atoms with E-state index in [1.165, 1.54) is 18.5 Å². The molecular formula is C9H12N2O. The lowest BCUT2D eigenvalue weighted by Gasteiger charge is -2.05. The molecule has 0 bridgehead atoms. The maximum atomic E-state index is 5.11. The summed E-state index contributed by atoms with van der Waals surface area (Å²) >= 11 is 0. The van der Waals surface area contributed by atoms with Crippen molar-refractivity contribution in [3.63, 3.8) is 0 Å². The zero-order valence-electron chi connectivity index (χ0n) is 7.37. The van der Waals surface area contributed by atoms with Gasteiger partial charge in [0.05, 0.1) is 12.8 Å². The first-order chi connectivity index (χ1) is 5.83. The largest absolute Gasteiger partial charge is 0.481 e. The molecular weight excluding hydrogens is 152 g/mol. The first kappa shape index (κ1) is 7.53. The molecule has 2 rings (SSSR count). The number of aromatic nitrogens is 2. The van der Waals surface area contributed by atoms with E-state index in [1.807, 2.05) is 6.92 Å². The summed E-state index contributed by atoms with van der Waals surface area (Å²) in [6.45, 7) is 2.02. The first-order valence-corrected chi connectivity index (χ1v) is 4.18. The van der Waals surface area contributed by atoms with Crippen LogP contribution in [0.5, 0.6) is 5.88 Å². The molecule has 1 saturated carbocycles. The van der Waals surface area contributed by atoms with Crippen molar-refractivity contribution in [3.8, 4) is 5.88 Å². The van der Waals surface area contributed by atoms with Crippen LogP contribution in [-0.2, 0) is 0 Å². The highest BCUT2D eigenvalue weighted by Gasteiger charge is 2.27. The van der Waals surface area contributed by atoms with Crippen LogP contribution in [-0.4, -0.2) is 17.1 Å². The average molecular weight is 164 g/mol. The second kappa shape index (κ2) is 2.73. The SMILES string of the molecule is COc1ncnc(C2CC2)c1C. The molecule has 0 aromatic carbocycles. The number of hydrogen-bond acceptors (Lipinski definition) is 3. The molecule has 1 aliphatic rings. The molecule has 0 saturated heterocycles. The van der Waals surface area contributed by atoms with Crippen molar-refractivity contribution in [3.05, 3.63) is 17.6 Å². The van der Waals surface area contributed by atoms with E-state index in [4.69, 9.17) is 4.74 Å². The van der Waals surface area contributed by atoms with Gasteiger partial charge in [-0.15, -0.1) is 0 Å². The Morgan fingerprint density at radius 1 is 1.42 bits per heavy atom. The van der Waals surface area contributed by atoms with E-state index < -0.39 is 0 Å². The number of rotatable bonds is 2.